The first-order chi connectivity index (χ1) is 10.7. The highest BCUT2D eigenvalue weighted by Gasteiger charge is 2.27. The van der Waals surface area contributed by atoms with E-state index in [9.17, 15) is 4.79 Å². The fourth-order valence-electron chi connectivity index (χ4n) is 2.60. The molecule has 4 heteroatoms. The summed E-state index contributed by atoms with van der Waals surface area (Å²) in [6.45, 7) is 8.93. The first-order valence-corrected chi connectivity index (χ1v) is 8.56. The fourth-order valence-corrected chi connectivity index (χ4v) is 2.60. The molecule has 2 N–H and O–H groups in total. The summed E-state index contributed by atoms with van der Waals surface area (Å²) < 4.78 is 0. The standard InChI is InChI=1S/C18H29N3O/c1-3-11-19-12-13-20-18(22)16-7-5-15(6-8-16)14-21(4-2)17-9-10-17/h5-8,17,19H,3-4,9-14H2,1-2H3,(H,20,22). The Morgan fingerprint density at radius 2 is 1.86 bits per heavy atom. The van der Waals surface area contributed by atoms with Crippen molar-refractivity contribution >= 4 is 5.91 Å². The second-order valence-corrected chi connectivity index (χ2v) is 6.00. The summed E-state index contributed by atoms with van der Waals surface area (Å²) in [5, 5.41) is 6.22. The molecule has 1 fully saturated rings. The van der Waals surface area contributed by atoms with Gasteiger partial charge in [0.05, 0.1) is 0 Å². The molecular weight excluding hydrogens is 274 g/mol. The van der Waals surface area contributed by atoms with Crippen molar-refractivity contribution in [2.75, 3.05) is 26.2 Å². The number of hydrogen-bond donors (Lipinski definition) is 2. The highest BCUT2D eigenvalue weighted by molar-refractivity contribution is 5.94. The molecule has 1 aromatic rings. The monoisotopic (exact) mass is 303 g/mol. The van der Waals surface area contributed by atoms with E-state index in [2.05, 4.69) is 41.5 Å². The van der Waals surface area contributed by atoms with Gasteiger partial charge in [0.25, 0.3) is 5.91 Å². The van der Waals surface area contributed by atoms with Gasteiger partial charge in [-0.1, -0.05) is 26.0 Å². The van der Waals surface area contributed by atoms with E-state index in [1.54, 1.807) is 0 Å². The summed E-state index contributed by atoms with van der Waals surface area (Å²) in [5.41, 5.74) is 2.03. The lowest BCUT2D eigenvalue weighted by atomic mass is 10.1. The summed E-state index contributed by atoms with van der Waals surface area (Å²) in [4.78, 5) is 14.5. The lowest BCUT2D eigenvalue weighted by molar-refractivity contribution is 0.0954. The minimum absolute atomic E-state index is 0.0133. The van der Waals surface area contributed by atoms with E-state index in [1.807, 2.05) is 12.1 Å². The van der Waals surface area contributed by atoms with Gasteiger partial charge in [0.2, 0.25) is 0 Å². The molecule has 1 aromatic carbocycles. The minimum atomic E-state index is 0.0133. The summed E-state index contributed by atoms with van der Waals surface area (Å²) in [6, 6.07) is 8.81. The Labute approximate surface area is 134 Å². The third-order valence-corrected chi connectivity index (χ3v) is 4.09. The average molecular weight is 303 g/mol. The van der Waals surface area contributed by atoms with Crippen LogP contribution in [0.4, 0.5) is 0 Å². The van der Waals surface area contributed by atoms with Gasteiger partial charge >= 0.3 is 0 Å². The van der Waals surface area contributed by atoms with Crippen molar-refractivity contribution in [3.8, 4) is 0 Å². The number of nitrogens with zero attached hydrogens (tertiary/aromatic N) is 1. The zero-order valence-electron chi connectivity index (χ0n) is 13.9. The van der Waals surface area contributed by atoms with Crippen molar-refractivity contribution in [2.24, 2.45) is 0 Å². The second kappa shape index (κ2) is 8.91. The van der Waals surface area contributed by atoms with Crippen molar-refractivity contribution in [1.29, 1.82) is 0 Å². The Kier molecular flexibility index (Phi) is 6.87. The van der Waals surface area contributed by atoms with Crippen LogP contribution in [0.3, 0.4) is 0 Å². The van der Waals surface area contributed by atoms with E-state index in [4.69, 9.17) is 0 Å². The molecule has 122 valence electrons. The number of amides is 1. The van der Waals surface area contributed by atoms with Crippen LogP contribution in [0.25, 0.3) is 0 Å². The molecule has 4 nitrogen and oxygen atoms in total. The lowest BCUT2D eigenvalue weighted by Crippen LogP contribution is -2.32. The molecule has 0 unspecified atom stereocenters. The van der Waals surface area contributed by atoms with Crippen LogP contribution in [0.5, 0.6) is 0 Å². The number of carbonyl (C=O) groups is 1. The normalized spacial score (nSPS) is 14.3. The maximum absolute atomic E-state index is 12.0. The average Bonchev–Trinajstić information content (AvgIpc) is 3.37. The van der Waals surface area contributed by atoms with Gasteiger partial charge in [0.15, 0.2) is 0 Å². The molecule has 1 aliphatic carbocycles. The first kappa shape index (κ1) is 17.0. The molecule has 1 aliphatic rings. The van der Waals surface area contributed by atoms with Crippen LogP contribution in [0.1, 0.15) is 49.0 Å². The van der Waals surface area contributed by atoms with Gasteiger partial charge < -0.3 is 10.6 Å². The Balaban J connectivity index is 1.76. The largest absolute Gasteiger partial charge is 0.351 e. The number of carbonyl (C=O) groups excluding carboxylic acids is 1. The molecular formula is C18H29N3O. The van der Waals surface area contributed by atoms with Crippen LogP contribution in [0.15, 0.2) is 24.3 Å². The molecule has 0 heterocycles. The molecule has 22 heavy (non-hydrogen) atoms. The Bertz CT molecular complexity index is 454. The first-order valence-electron chi connectivity index (χ1n) is 8.56. The number of rotatable bonds is 10. The van der Waals surface area contributed by atoms with E-state index >= 15 is 0 Å². The Morgan fingerprint density at radius 3 is 2.45 bits per heavy atom. The molecule has 2 rings (SSSR count). The van der Waals surface area contributed by atoms with Crippen LogP contribution in [-0.4, -0.2) is 43.0 Å². The van der Waals surface area contributed by atoms with Gasteiger partial charge in [0, 0.05) is 31.2 Å². The molecule has 0 spiro atoms. The van der Waals surface area contributed by atoms with E-state index in [0.29, 0.717) is 6.54 Å². The SMILES string of the molecule is CCCNCCNC(=O)c1ccc(CN(CC)C2CC2)cc1. The molecule has 0 aromatic heterocycles. The molecule has 0 atom stereocenters. The summed E-state index contributed by atoms with van der Waals surface area (Å²) in [5.74, 6) is 0.0133. The van der Waals surface area contributed by atoms with Gasteiger partial charge in [-0.2, -0.15) is 0 Å². The number of nitrogens with one attached hydrogen (secondary N) is 2. The van der Waals surface area contributed by atoms with Crippen LogP contribution >= 0.6 is 0 Å². The molecule has 0 bridgehead atoms. The van der Waals surface area contributed by atoms with Crippen LogP contribution < -0.4 is 10.6 Å². The zero-order valence-corrected chi connectivity index (χ0v) is 13.9. The predicted molar refractivity (Wildman–Crippen MR) is 91.0 cm³/mol. The molecule has 0 radical (unpaired) electrons. The second-order valence-electron chi connectivity index (χ2n) is 6.00. The van der Waals surface area contributed by atoms with Crippen molar-refractivity contribution in [1.82, 2.24) is 15.5 Å². The van der Waals surface area contributed by atoms with Gasteiger partial charge in [-0.05, 0) is 50.0 Å². The van der Waals surface area contributed by atoms with Crippen molar-refractivity contribution in [3.63, 3.8) is 0 Å². The predicted octanol–water partition coefficient (Wildman–Crippen LogP) is 2.40. The van der Waals surface area contributed by atoms with E-state index < -0.39 is 0 Å². The Hall–Kier alpha value is -1.39. The maximum atomic E-state index is 12.0. The topological polar surface area (TPSA) is 44.4 Å². The third-order valence-electron chi connectivity index (χ3n) is 4.09. The maximum Gasteiger partial charge on any atom is 0.251 e. The van der Waals surface area contributed by atoms with Crippen molar-refractivity contribution in [2.45, 2.75) is 45.7 Å². The summed E-state index contributed by atoms with van der Waals surface area (Å²) >= 11 is 0. The zero-order chi connectivity index (χ0) is 15.8. The highest BCUT2D eigenvalue weighted by atomic mass is 16.1. The van der Waals surface area contributed by atoms with Crippen LogP contribution in [-0.2, 0) is 6.54 Å². The van der Waals surface area contributed by atoms with Crippen molar-refractivity contribution in [3.05, 3.63) is 35.4 Å². The van der Waals surface area contributed by atoms with Gasteiger partial charge in [-0.3, -0.25) is 9.69 Å². The lowest BCUT2D eigenvalue weighted by Gasteiger charge is -2.19. The van der Waals surface area contributed by atoms with Gasteiger partial charge in [-0.15, -0.1) is 0 Å². The summed E-state index contributed by atoms with van der Waals surface area (Å²) in [7, 11) is 0. The fraction of sp³-hybridized carbons (Fsp3) is 0.611. The smallest absolute Gasteiger partial charge is 0.251 e. The van der Waals surface area contributed by atoms with Crippen LogP contribution in [0, 0.1) is 0 Å². The minimum Gasteiger partial charge on any atom is -0.351 e. The molecule has 0 saturated heterocycles. The Morgan fingerprint density at radius 1 is 1.14 bits per heavy atom. The van der Waals surface area contributed by atoms with Gasteiger partial charge in [-0.25, -0.2) is 0 Å². The van der Waals surface area contributed by atoms with Gasteiger partial charge in [0.1, 0.15) is 0 Å². The highest BCUT2D eigenvalue weighted by Crippen LogP contribution is 2.27. The molecule has 1 saturated carbocycles. The quantitative estimate of drug-likeness (QED) is 0.652. The molecule has 1 amide bonds. The molecule has 0 aliphatic heterocycles. The number of hydrogen-bond acceptors (Lipinski definition) is 3. The number of benzene rings is 1. The van der Waals surface area contributed by atoms with E-state index in [-0.39, 0.29) is 5.91 Å². The van der Waals surface area contributed by atoms with Crippen molar-refractivity contribution < 1.29 is 4.79 Å². The van der Waals surface area contributed by atoms with Crippen LogP contribution in [0.2, 0.25) is 0 Å². The van der Waals surface area contributed by atoms with E-state index in [1.165, 1.54) is 18.4 Å². The summed E-state index contributed by atoms with van der Waals surface area (Å²) in [6.07, 6.45) is 3.78. The van der Waals surface area contributed by atoms with E-state index in [0.717, 1.165) is 44.2 Å². The third kappa shape index (κ3) is 5.43.